The Morgan fingerprint density at radius 2 is 2.07 bits per heavy atom. The highest BCUT2D eigenvalue weighted by atomic mass is 32.2. The van der Waals surface area contributed by atoms with Crippen molar-refractivity contribution >= 4 is 43.4 Å². The van der Waals surface area contributed by atoms with Crippen LogP contribution in [0.25, 0.3) is 10.2 Å². The molecule has 2 amide bonds. The van der Waals surface area contributed by atoms with Crippen LogP contribution in [-0.2, 0) is 14.8 Å². The Bertz CT molecular complexity index is 937. The van der Waals surface area contributed by atoms with E-state index in [2.05, 4.69) is 9.71 Å². The predicted octanol–water partition coefficient (Wildman–Crippen LogP) is 2.39. The van der Waals surface area contributed by atoms with Gasteiger partial charge in [-0.25, -0.2) is 13.4 Å². The zero-order chi connectivity index (χ0) is 19.7. The molecule has 146 valence electrons. The molecule has 1 saturated heterocycles. The van der Waals surface area contributed by atoms with Crippen molar-refractivity contribution in [1.29, 1.82) is 0 Å². The summed E-state index contributed by atoms with van der Waals surface area (Å²) in [5.74, 6) is -0.854. The number of nitrogens with one attached hydrogen (secondary N) is 1. The third kappa shape index (κ3) is 4.30. The number of rotatable bonds is 5. The standard InChI is InChI=1S/C18H23N3O4S2/c1-3-11-27(24,25)20-17(23)18(2)9-6-10-21(12-18)16(22)15-19-13-7-4-5-8-14(13)26-15/h4-5,7-8H,3,6,9-12H2,1-2H3,(H,20,23). The van der Waals surface area contributed by atoms with Crippen LogP contribution in [0.3, 0.4) is 0 Å². The third-order valence-corrected chi connectivity index (χ3v) is 7.20. The van der Waals surface area contributed by atoms with E-state index in [1.54, 1.807) is 18.7 Å². The van der Waals surface area contributed by atoms with E-state index in [-0.39, 0.29) is 18.2 Å². The van der Waals surface area contributed by atoms with Crippen molar-refractivity contribution in [3.8, 4) is 0 Å². The Balaban J connectivity index is 1.76. The molecular weight excluding hydrogens is 386 g/mol. The molecule has 1 atom stereocenters. The summed E-state index contributed by atoms with van der Waals surface area (Å²) in [6.07, 6.45) is 1.60. The van der Waals surface area contributed by atoms with Crippen molar-refractivity contribution in [2.24, 2.45) is 5.41 Å². The fraction of sp³-hybridized carbons (Fsp3) is 0.500. The van der Waals surface area contributed by atoms with Crippen LogP contribution in [0.15, 0.2) is 24.3 Å². The van der Waals surface area contributed by atoms with Gasteiger partial charge in [-0.1, -0.05) is 19.1 Å². The lowest BCUT2D eigenvalue weighted by Gasteiger charge is -2.38. The van der Waals surface area contributed by atoms with Crippen LogP contribution in [0.1, 0.15) is 42.9 Å². The number of piperidine rings is 1. The molecule has 0 spiro atoms. The van der Waals surface area contributed by atoms with E-state index in [9.17, 15) is 18.0 Å². The molecule has 1 fully saturated rings. The Morgan fingerprint density at radius 1 is 1.33 bits per heavy atom. The van der Waals surface area contributed by atoms with Gasteiger partial charge >= 0.3 is 0 Å². The van der Waals surface area contributed by atoms with Crippen LogP contribution in [-0.4, -0.2) is 49.0 Å². The van der Waals surface area contributed by atoms with Gasteiger partial charge in [-0.2, -0.15) is 0 Å². The summed E-state index contributed by atoms with van der Waals surface area (Å²) < 4.78 is 27.0. The number of sulfonamides is 1. The first-order chi connectivity index (χ1) is 12.7. The van der Waals surface area contributed by atoms with E-state index in [0.29, 0.717) is 30.8 Å². The van der Waals surface area contributed by atoms with Crippen molar-refractivity contribution in [3.63, 3.8) is 0 Å². The van der Waals surface area contributed by atoms with E-state index in [1.807, 2.05) is 24.3 Å². The molecule has 1 aromatic heterocycles. The average Bonchev–Trinajstić information content (AvgIpc) is 3.04. The molecule has 2 aromatic rings. The SMILES string of the molecule is CCCS(=O)(=O)NC(=O)C1(C)CCCN(C(=O)c2nc3ccccc3s2)C1. The van der Waals surface area contributed by atoms with Gasteiger partial charge in [0.2, 0.25) is 15.9 Å². The van der Waals surface area contributed by atoms with Gasteiger partial charge in [0.05, 0.1) is 21.4 Å². The minimum atomic E-state index is -3.64. The van der Waals surface area contributed by atoms with Crippen LogP contribution in [0.2, 0.25) is 0 Å². The lowest BCUT2D eigenvalue weighted by molar-refractivity contribution is -0.130. The summed E-state index contributed by atoms with van der Waals surface area (Å²) in [4.78, 5) is 31.5. The van der Waals surface area contributed by atoms with E-state index in [1.165, 1.54) is 11.3 Å². The maximum atomic E-state index is 12.9. The normalized spacial score (nSPS) is 20.6. The number of para-hydroxylation sites is 1. The number of likely N-dealkylation sites (tertiary alicyclic amines) is 1. The molecule has 3 rings (SSSR count). The second kappa shape index (κ2) is 7.55. The van der Waals surface area contributed by atoms with Gasteiger partial charge in [-0.3, -0.25) is 14.3 Å². The number of hydrogen-bond donors (Lipinski definition) is 1. The summed E-state index contributed by atoms with van der Waals surface area (Å²) in [7, 11) is -3.64. The average molecular weight is 410 g/mol. The highest BCUT2D eigenvalue weighted by molar-refractivity contribution is 7.90. The molecular formula is C18H23N3O4S2. The zero-order valence-electron chi connectivity index (χ0n) is 15.4. The van der Waals surface area contributed by atoms with Crippen molar-refractivity contribution < 1.29 is 18.0 Å². The summed E-state index contributed by atoms with van der Waals surface area (Å²) in [5.41, 5.74) is -0.167. The monoisotopic (exact) mass is 409 g/mol. The number of hydrogen-bond acceptors (Lipinski definition) is 6. The smallest absolute Gasteiger partial charge is 0.282 e. The quantitative estimate of drug-likeness (QED) is 0.818. The number of carbonyl (C=O) groups excluding carboxylic acids is 2. The fourth-order valence-electron chi connectivity index (χ4n) is 3.28. The van der Waals surface area contributed by atoms with Crippen LogP contribution in [0.5, 0.6) is 0 Å². The van der Waals surface area contributed by atoms with Crippen LogP contribution >= 0.6 is 11.3 Å². The van der Waals surface area contributed by atoms with Crippen molar-refractivity contribution in [1.82, 2.24) is 14.6 Å². The lowest BCUT2D eigenvalue weighted by Crippen LogP contribution is -2.53. The van der Waals surface area contributed by atoms with E-state index < -0.39 is 21.3 Å². The molecule has 0 bridgehead atoms. The van der Waals surface area contributed by atoms with Gasteiger partial charge in [0.25, 0.3) is 5.91 Å². The van der Waals surface area contributed by atoms with Crippen LogP contribution in [0.4, 0.5) is 0 Å². The largest absolute Gasteiger partial charge is 0.336 e. The van der Waals surface area contributed by atoms with E-state index >= 15 is 0 Å². The molecule has 2 heterocycles. The first-order valence-corrected chi connectivity index (χ1v) is 11.4. The topological polar surface area (TPSA) is 96.4 Å². The lowest BCUT2D eigenvalue weighted by atomic mass is 9.81. The Hall–Kier alpha value is -2.00. The number of nitrogens with zero attached hydrogens (tertiary/aromatic N) is 2. The zero-order valence-corrected chi connectivity index (χ0v) is 17.0. The van der Waals surface area contributed by atoms with E-state index in [0.717, 1.165) is 10.2 Å². The minimum absolute atomic E-state index is 0.0941. The highest BCUT2D eigenvalue weighted by Crippen LogP contribution is 2.32. The molecule has 1 aromatic carbocycles. The van der Waals surface area contributed by atoms with Gasteiger partial charge in [0, 0.05) is 13.1 Å². The van der Waals surface area contributed by atoms with Crippen LogP contribution in [0, 0.1) is 5.41 Å². The van der Waals surface area contributed by atoms with Crippen molar-refractivity contribution in [2.75, 3.05) is 18.8 Å². The van der Waals surface area contributed by atoms with Gasteiger partial charge < -0.3 is 4.90 Å². The second-order valence-electron chi connectivity index (χ2n) is 7.13. The number of benzene rings is 1. The molecule has 0 aliphatic carbocycles. The molecule has 1 N–H and O–H groups in total. The summed E-state index contributed by atoms with van der Waals surface area (Å²) in [6, 6.07) is 7.54. The maximum absolute atomic E-state index is 12.9. The molecule has 0 radical (unpaired) electrons. The molecule has 0 saturated carbocycles. The van der Waals surface area contributed by atoms with Gasteiger partial charge in [-0.05, 0) is 38.3 Å². The van der Waals surface area contributed by atoms with Gasteiger partial charge in [-0.15, -0.1) is 11.3 Å². The summed E-state index contributed by atoms with van der Waals surface area (Å²) in [6.45, 7) is 4.15. The predicted molar refractivity (Wildman–Crippen MR) is 105 cm³/mol. The molecule has 27 heavy (non-hydrogen) atoms. The first kappa shape index (κ1) is 19.8. The first-order valence-electron chi connectivity index (χ1n) is 8.94. The number of fused-ring (bicyclic) bond motifs is 1. The fourth-order valence-corrected chi connectivity index (χ4v) is 5.38. The number of carbonyl (C=O) groups is 2. The van der Waals surface area contributed by atoms with Gasteiger partial charge in [0.15, 0.2) is 5.01 Å². The number of aromatic nitrogens is 1. The summed E-state index contributed by atoms with van der Waals surface area (Å²) >= 11 is 1.33. The Kier molecular flexibility index (Phi) is 5.53. The Morgan fingerprint density at radius 3 is 2.78 bits per heavy atom. The second-order valence-corrected chi connectivity index (χ2v) is 10.0. The van der Waals surface area contributed by atoms with Gasteiger partial charge in [0.1, 0.15) is 0 Å². The Labute approximate surface area is 162 Å². The van der Waals surface area contributed by atoms with Crippen LogP contribution < -0.4 is 4.72 Å². The van der Waals surface area contributed by atoms with E-state index in [4.69, 9.17) is 0 Å². The summed E-state index contributed by atoms with van der Waals surface area (Å²) in [5, 5.41) is 0.388. The highest BCUT2D eigenvalue weighted by Gasteiger charge is 2.41. The molecule has 1 aliphatic rings. The van der Waals surface area contributed by atoms with Crippen molar-refractivity contribution in [2.45, 2.75) is 33.1 Å². The number of amides is 2. The minimum Gasteiger partial charge on any atom is -0.336 e. The maximum Gasteiger partial charge on any atom is 0.282 e. The molecule has 1 unspecified atom stereocenters. The molecule has 1 aliphatic heterocycles. The number of thiazole rings is 1. The molecule has 7 nitrogen and oxygen atoms in total. The third-order valence-electron chi connectivity index (χ3n) is 4.73. The van der Waals surface area contributed by atoms with Crippen molar-refractivity contribution in [3.05, 3.63) is 29.3 Å². The molecule has 9 heteroatoms.